The second-order valence-electron chi connectivity index (χ2n) is 8.11. The van der Waals surface area contributed by atoms with Gasteiger partial charge in [0.25, 0.3) is 11.8 Å². The van der Waals surface area contributed by atoms with Crippen molar-refractivity contribution in [3.63, 3.8) is 0 Å². The normalized spacial score (nSPS) is 13.7. The van der Waals surface area contributed by atoms with Gasteiger partial charge in [-0.05, 0) is 61.9 Å². The van der Waals surface area contributed by atoms with E-state index in [1.807, 2.05) is 31.2 Å². The van der Waals surface area contributed by atoms with Gasteiger partial charge in [-0.1, -0.05) is 41.7 Å². The highest BCUT2D eigenvalue weighted by atomic mass is 32.2. The summed E-state index contributed by atoms with van der Waals surface area (Å²) in [7, 11) is -4.28. The zero-order valence-corrected chi connectivity index (χ0v) is 19.6. The Kier molecular flexibility index (Phi) is 6.54. The van der Waals surface area contributed by atoms with Gasteiger partial charge in [-0.3, -0.25) is 19.3 Å². The van der Waals surface area contributed by atoms with Crippen molar-refractivity contribution in [2.24, 2.45) is 0 Å². The van der Waals surface area contributed by atoms with Gasteiger partial charge >= 0.3 is 5.97 Å². The van der Waals surface area contributed by atoms with Gasteiger partial charge in [-0.2, -0.15) is 0 Å². The van der Waals surface area contributed by atoms with Crippen LogP contribution in [-0.4, -0.2) is 48.0 Å². The Morgan fingerprint density at radius 2 is 1.34 bits per heavy atom. The van der Waals surface area contributed by atoms with Gasteiger partial charge in [0, 0.05) is 17.7 Å². The predicted molar refractivity (Wildman–Crippen MR) is 129 cm³/mol. The van der Waals surface area contributed by atoms with Crippen molar-refractivity contribution >= 4 is 27.6 Å². The molecule has 35 heavy (non-hydrogen) atoms. The van der Waals surface area contributed by atoms with Gasteiger partial charge in [0.1, 0.15) is 0 Å². The van der Waals surface area contributed by atoms with Crippen molar-refractivity contribution in [2.75, 3.05) is 6.54 Å². The number of benzene rings is 3. The van der Waals surface area contributed by atoms with E-state index in [9.17, 15) is 27.9 Å². The minimum absolute atomic E-state index is 0.173. The van der Waals surface area contributed by atoms with Gasteiger partial charge in [0.2, 0.25) is 0 Å². The molecule has 7 nitrogen and oxygen atoms in total. The van der Waals surface area contributed by atoms with Crippen molar-refractivity contribution in [3.8, 4) is 11.8 Å². The standard InChI is InChI=1S/C27H21NO6S/c1-18-6-8-19(9-7-18)10-11-20-12-14-21(15-13-20)35(33,34)24(27(31)32)16-17-28-25(29)22-4-2-3-5-23(22)26(28)30/h2-9,12-15,24H,16-17H2,1H3,(H,31,32). The highest BCUT2D eigenvalue weighted by Crippen LogP contribution is 2.25. The zero-order chi connectivity index (χ0) is 25.2. The quantitative estimate of drug-likeness (QED) is 0.422. The first-order chi connectivity index (χ1) is 16.7. The van der Waals surface area contributed by atoms with Crippen LogP contribution in [0.1, 0.15) is 43.8 Å². The van der Waals surface area contributed by atoms with E-state index >= 15 is 0 Å². The summed E-state index contributed by atoms with van der Waals surface area (Å²) in [6.07, 6.45) is -0.432. The van der Waals surface area contributed by atoms with Crippen molar-refractivity contribution < 1.29 is 27.9 Å². The van der Waals surface area contributed by atoms with E-state index in [0.29, 0.717) is 5.56 Å². The smallest absolute Gasteiger partial charge is 0.322 e. The molecule has 1 N–H and O–H groups in total. The van der Waals surface area contributed by atoms with Gasteiger partial charge in [-0.25, -0.2) is 8.42 Å². The highest BCUT2D eigenvalue weighted by molar-refractivity contribution is 7.92. The van der Waals surface area contributed by atoms with E-state index in [0.717, 1.165) is 16.0 Å². The lowest BCUT2D eigenvalue weighted by atomic mass is 10.1. The second-order valence-corrected chi connectivity index (χ2v) is 10.2. The SMILES string of the molecule is Cc1ccc(C#Cc2ccc(S(=O)(=O)C(CCN3C(=O)c4ccccc4C3=O)C(=O)O)cc2)cc1. The van der Waals surface area contributed by atoms with Gasteiger partial charge in [0.15, 0.2) is 15.1 Å². The molecule has 1 heterocycles. The molecule has 0 aliphatic carbocycles. The lowest BCUT2D eigenvalue weighted by Crippen LogP contribution is -2.37. The molecule has 1 atom stereocenters. The molecule has 0 radical (unpaired) electrons. The maximum absolute atomic E-state index is 13.1. The van der Waals surface area contributed by atoms with E-state index in [1.165, 1.54) is 36.4 Å². The van der Waals surface area contributed by atoms with Crippen LogP contribution in [0.25, 0.3) is 0 Å². The number of amides is 2. The highest BCUT2D eigenvalue weighted by Gasteiger charge is 2.39. The number of nitrogens with zero attached hydrogens (tertiary/aromatic N) is 1. The van der Waals surface area contributed by atoms with Crippen LogP contribution < -0.4 is 0 Å². The molecule has 1 aliphatic heterocycles. The monoisotopic (exact) mass is 487 g/mol. The zero-order valence-electron chi connectivity index (χ0n) is 18.8. The van der Waals surface area contributed by atoms with Crippen LogP contribution in [0.3, 0.4) is 0 Å². The Morgan fingerprint density at radius 3 is 1.83 bits per heavy atom. The molecular weight excluding hydrogens is 466 g/mol. The number of rotatable bonds is 6. The first-order valence-electron chi connectivity index (χ1n) is 10.8. The summed E-state index contributed by atoms with van der Waals surface area (Å²) in [6, 6.07) is 19.5. The van der Waals surface area contributed by atoms with E-state index in [1.54, 1.807) is 12.1 Å². The summed E-state index contributed by atoms with van der Waals surface area (Å²) >= 11 is 0. The number of hydrogen-bond donors (Lipinski definition) is 1. The Morgan fingerprint density at radius 1 is 0.857 bits per heavy atom. The first kappa shape index (κ1) is 23.9. The third-order valence-corrected chi connectivity index (χ3v) is 7.84. The molecule has 1 unspecified atom stereocenters. The molecule has 0 spiro atoms. The van der Waals surface area contributed by atoms with Gasteiger partial charge in [0.05, 0.1) is 16.0 Å². The van der Waals surface area contributed by atoms with E-state index in [4.69, 9.17) is 0 Å². The predicted octanol–water partition coefficient (Wildman–Crippen LogP) is 3.31. The average Bonchev–Trinajstić information content (AvgIpc) is 3.09. The van der Waals surface area contributed by atoms with Crippen molar-refractivity contribution in [3.05, 3.63) is 101 Å². The molecule has 3 aromatic rings. The van der Waals surface area contributed by atoms with Crippen molar-refractivity contribution in [2.45, 2.75) is 23.5 Å². The number of aryl methyl sites for hydroxylation is 1. The number of sulfone groups is 1. The van der Waals surface area contributed by atoms with E-state index < -0.39 is 39.3 Å². The molecular formula is C27H21NO6S. The van der Waals surface area contributed by atoms with Crippen LogP contribution in [0, 0.1) is 18.8 Å². The van der Waals surface area contributed by atoms with Gasteiger partial charge in [-0.15, -0.1) is 0 Å². The van der Waals surface area contributed by atoms with Crippen LogP contribution in [0.5, 0.6) is 0 Å². The third kappa shape index (κ3) is 4.86. The number of hydrogen-bond acceptors (Lipinski definition) is 5. The van der Waals surface area contributed by atoms with Crippen molar-refractivity contribution in [1.29, 1.82) is 0 Å². The number of carboxylic acid groups (broad SMARTS) is 1. The van der Waals surface area contributed by atoms with Crippen molar-refractivity contribution in [1.82, 2.24) is 4.90 Å². The molecule has 2 amide bonds. The lowest BCUT2D eigenvalue weighted by Gasteiger charge is -2.18. The number of fused-ring (bicyclic) bond motifs is 1. The summed E-state index contributed by atoms with van der Waals surface area (Å²) in [5.74, 6) is 3.26. The fourth-order valence-electron chi connectivity index (χ4n) is 3.77. The fraction of sp³-hybridized carbons (Fsp3) is 0.148. The largest absolute Gasteiger partial charge is 0.480 e. The van der Waals surface area contributed by atoms with E-state index in [2.05, 4.69) is 11.8 Å². The maximum Gasteiger partial charge on any atom is 0.322 e. The number of aliphatic carboxylic acids is 1. The first-order valence-corrected chi connectivity index (χ1v) is 12.3. The minimum atomic E-state index is -4.28. The van der Waals surface area contributed by atoms with Crippen LogP contribution in [-0.2, 0) is 14.6 Å². The molecule has 0 aromatic heterocycles. The van der Waals surface area contributed by atoms with Gasteiger partial charge < -0.3 is 5.11 Å². The van der Waals surface area contributed by atoms with Crippen LogP contribution in [0.2, 0.25) is 0 Å². The van der Waals surface area contributed by atoms with E-state index in [-0.39, 0.29) is 22.6 Å². The second kappa shape index (κ2) is 9.57. The number of carbonyl (C=O) groups is 3. The minimum Gasteiger partial charge on any atom is -0.480 e. The molecule has 176 valence electrons. The molecule has 0 saturated carbocycles. The maximum atomic E-state index is 13.1. The fourth-order valence-corrected chi connectivity index (χ4v) is 5.30. The summed E-state index contributed by atoms with van der Waals surface area (Å²) < 4.78 is 26.2. The molecule has 8 heteroatoms. The summed E-state index contributed by atoms with van der Waals surface area (Å²) in [4.78, 5) is 37.6. The molecule has 4 rings (SSSR count). The Bertz CT molecular complexity index is 1440. The lowest BCUT2D eigenvalue weighted by molar-refractivity contribution is -0.136. The Hall–Kier alpha value is -4.22. The van der Waals surface area contributed by atoms with Crippen LogP contribution in [0.15, 0.2) is 77.7 Å². The topological polar surface area (TPSA) is 109 Å². The Balaban J connectivity index is 1.50. The Labute approximate surface area is 202 Å². The van der Waals surface area contributed by atoms with Crippen LogP contribution in [0.4, 0.5) is 0 Å². The number of imide groups is 1. The number of carboxylic acids is 1. The molecule has 3 aromatic carbocycles. The molecule has 1 aliphatic rings. The third-order valence-electron chi connectivity index (χ3n) is 5.73. The molecule has 0 saturated heterocycles. The molecule has 0 bridgehead atoms. The molecule has 0 fully saturated rings. The summed E-state index contributed by atoms with van der Waals surface area (Å²) in [5.41, 5.74) is 2.93. The number of carbonyl (C=O) groups excluding carboxylic acids is 2. The summed E-state index contributed by atoms with van der Waals surface area (Å²) in [5, 5.41) is 7.82. The average molecular weight is 488 g/mol. The van der Waals surface area contributed by atoms with Crippen LogP contribution >= 0.6 is 0 Å². The summed E-state index contributed by atoms with van der Waals surface area (Å²) in [6.45, 7) is 1.64.